The Morgan fingerprint density at radius 2 is 2.30 bits per heavy atom. The molecule has 4 heterocycles. The van der Waals surface area contributed by atoms with E-state index in [4.69, 9.17) is 4.98 Å². The lowest BCUT2D eigenvalue weighted by atomic mass is 10.1. The monoisotopic (exact) mass is 271 g/mol. The second-order valence-electron chi connectivity index (χ2n) is 5.89. The maximum Gasteiger partial charge on any atom is 0.160 e. The number of hydrogen-bond donors (Lipinski definition) is 2. The fourth-order valence-electron chi connectivity index (χ4n) is 3.52. The molecule has 20 heavy (non-hydrogen) atoms. The molecule has 106 valence electrons. The minimum absolute atomic E-state index is 0.506. The van der Waals surface area contributed by atoms with Crippen LogP contribution in [0.15, 0.2) is 18.3 Å². The van der Waals surface area contributed by atoms with E-state index in [-0.39, 0.29) is 0 Å². The summed E-state index contributed by atoms with van der Waals surface area (Å²) in [4.78, 5) is 9.43. The molecular formula is C15H21N5. The summed E-state index contributed by atoms with van der Waals surface area (Å²) in [5.41, 5.74) is 2.08. The highest BCUT2D eigenvalue weighted by atomic mass is 15.2. The van der Waals surface area contributed by atoms with E-state index in [1.165, 1.54) is 25.1 Å². The molecule has 0 aliphatic carbocycles. The second kappa shape index (κ2) is 5.14. The van der Waals surface area contributed by atoms with E-state index in [0.717, 1.165) is 37.2 Å². The summed E-state index contributed by atoms with van der Waals surface area (Å²) in [6.45, 7) is 3.28. The van der Waals surface area contributed by atoms with Crippen LogP contribution in [0.1, 0.15) is 31.1 Å². The maximum absolute atomic E-state index is 4.85. The van der Waals surface area contributed by atoms with Gasteiger partial charge in [0.25, 0.3) is 0 Å². The Bertz CT molecular complexity index is 593. The van der Waals surface area contributed by atoms with Crippen molar-refractivity contribution in [2.24, 2.45) is 0 Å². The molecule has 2 saturated heterocycles. The number of aromatic nitrogens is 3. The summed E-state index contributed by atoms with van der Waals surface area (Å²) < 4.78 is 2.38. The van der Waals surface area contributed by atoms with Gasteiger partial charge in [-0.2, -0.15) is 0 Å². The Balaban J connectivity index is 1.74. The van der Waals surface area contributed by atoms with Crippen molar-refractivity contribution < 1.29 is 0 Å². The van der Waals surface area contributed by atoms with Gasteiger partial charge in [0.15, 0.2) is 5.65 Å². The molecule has 5 heteroatoms. The smallest absolute Gasteiger partial charge is 0.160 e. The number of imidazole rings is 1. The molecule has 0 amide bonds. The van der Waals surface area contributed by atoms with E-state index in [1.807, 2.05) is 12.3 Å². The highest BCUT2D eigenvalue weighted by Gasteiger charge is 2.25. The first-order valence-corrected chi connectivity index (χ1v) is 7.68. The van der Waals surface area contributed by atoms with Gasteiger partial charge in [-0.3, -0.25) is 0 Å². The van der Waals surface area contributed by atoms with Gasteiger partial charge in [-0.15, -0.1) is 0 Å². The van der Waals surface area contributed by atoms with Gasteiger partial charge in [-0.05, 0) is 44.5 Å². The second-order valence-corrected chi connectivity index (χ2v) is 5.89. The van der Waals surface area contributed by atoms with E-state index in [1.54, 1.807) is 0 Å². The molecule has 0 spiro atoms. The number of nitrogens with zero attached hydrogens (tertiary/aromatic N) is 3. The first-order chi connectivity index (χ1) is 9.92. The van der Waals surface area contributed by atoms with Crippen molar-refractivity contribution in [3.63, 3.8) is 0 Å². The molecule has 2 aromatic rings. The molecule has 2 aliphatic rings. The van der Waals surface area contributed by atoms with Gasteiger partial charge in [0.05, 0.1) is 6.04 Å². The van der Waals surface area contributed by atoms with E-state index in [0.29, 0.717) is 12.1 Å². The third-order valence-corrected chi connectivity index (χ3v) is 4.51. The molecule has 2 aromatic heterocycles. The van der Waals surface area contributed by atoms with Crippen LogP contribution in [-0.4, -0.2) is 40.2 Å². The van der Waals surface area contributed by atoms with Crippen LogP contribution < -0.4 is 10.6 Å². The lowest BCUT2D eigenvalue weighted by Crippen LogP contribution is -2.26. The molecular weight excluding hydrogens is 250 g/mol. The fourth-order valence-corrected chi connectivity index (χ4v) is 3.52. The number of hydrogen-bond acceptors (Lipinski definition) is 4. The molecule has 2 unspecified atom stereocenters. The topological polar surface area (TPSA) is 54.8 Å². The largest absolute Gasteiger partial charge is 0.315 e. The van der Waals surface area contributed by atoms with Gasteiger partial charge in [-0.25, -0.2) is 9.97 Å². The SMILES string of the molecule is c1cnc2c(c1)nc(CC1CCCN1)n2C1CCNC1. The van der Waals surface area contributed by atoms with E-state index < -0.39 is 0 Å². The lowest BCUT2D eigenvalue weighted by molar-refractivity contribution is 0.503. The highest BCUT2D eigenvalue weighted by molar-refractivity contribution is 5.71. The summed E-state index contributed by atoms with van der Waals surface area (Å²) in [6, 6.07) is 5.14. The third-order valence-electron chi connectivity index (χ3n) is 4.51. The normalized spacial score (nSPS) is 26.6. The minimum Gasteiger partial charge on any atom is -0.315 e. The van der Waals surface area contributed by atoms with Crippen molar-refractivity contribution in [3.05, 3.63) is 24.2 Å². The zero-order valence-corrected chi connectivity index (χ0v) is 11.7. The van der Waals surface area contributed by atoms with Gasteiger partial charge < -0.3 is 15.2 Å². The number of nitrogens with one attached hydrogen (secondary N) is 2. The van der Waals surface area contributed by atoms with Gasteiger partial charge in [-0.1, -0.05) is 0 Å². The van der Waals surface area contributed by atoms with Crippen LogP contribution in [0.2, 0.25) is 0 Å². The summed E-state index contributed by atoms with van der Waals surface area (Å²) in [6.07, 6.45) is 6.62. The standard InChI is InChI=1S/C15H21N5/c1-3-11(17-6-1)9-14-19-13-4-2-7-18-15(13)20(14)12-5-8-16-10-12/h2,4,7,11-12,16-17H,1,3,5-6,8-10H2. The minimum atomic E-state index is 0.506. The number of rotatable bonds is 3. The Kier molecular flexibility index (Phi) is 3.16. The summed E-state index contributed by atoms with van der Waals surface area (Å²) >= 11 is 0. The molecule has 2 N–H and O–H groups in total. The highest BCUT2D eigenvalue weighted by Crippen LogP contribution is 2.25. The first kappa shape index (κ1) is 12.3. The van der Waals surface area contributed by atoms with Crippen LogP contribution in [0.4, 0.5) is 0 Å². The van der Waals surface area contributed by atoms with Gasteiger partial charge >= 0.3 is 0 Å². The quantitative estimate of drug-likeness (QED) is 0.882. The van der Waals surface area contributed by atoms with E-state index in [2.05, 4.69) is 26.3 Å². The van der Waals surface area contributed by atoms with Crippen LogP contribution in [0.5, 0.6) is 0 Å². The van der Waals surface area contributed by atoms with Gasteiger partial charge in [0.1, 0.15) is 11.3 Å². The van der Waals surface area contributed by atoms with E-state index >= 15 is 0 Å². The molecule has 0 saturated carbocycles. The van der Waals surface area contributed by atoms with Crippen molar-refractivity contribution in [3.8, 4) is 0 Å². The van der Waals surface area contributed by atoms with Crippen molar-refractivity contribution in [1.82, 2.24) is 25.2 Å². The molecule has 2 aliphatic heterocycles. The summed E-state index contributed by atoms with van der Waals surface area (Å²) in [5.74, 6) is 1.20. The zero-order valence-electron chi connectivity index (χ0n) is 11.7. The Hall–Kier alpha value is -1.46. The number of fused-ring (bicyclic) bond motifs is 1. The zero-order chi connectivity index (χ0) is 13.4. The van der Waals surface area contributed by atoms with Crippen LogP contribution in [0.25, 0.3) is 11.2 Å². The van der Waals surface area contributed by atoms with Gasteiger partial charge in [0, 0.05) is 25.2 Å². The Labute approximate surface area is 118 Å². The maximum atomic E-state index is 4.85. The van der Waals surface area contributed by atoms with Crippen LogP contribution >= 0.6 is 0 Å². The third kappa shape index (κ3) is 2.11. The predicted octanol–water partition coefficient (Wildman–Crippen LogP) is 1.26. The Morgan fingerprint density at radius 3 is 3.10 bits per heavy atom. The molecule has 0 aromatic carbocycles. The van der Waals surface area contributed by atoms with Gasteiger partial charge in [0.2, 0.25) is 0 Å². The average molecular weight is 271 g/mol. The lowest BCUT2D eigenvalue weighted by Gasteiger charge is -2.17. The average Bonchev–Trinajstić information content (AvgIpc) is 3.18. The summed E-state index contributed by atoms with van der Waals surface area (Å²) in [7, 11) is 0. The molecule has 2 atom stereocenters. The molecule has 5 nitrogen and oxygen atoms in total. The van der Waals surface area contributed by atoms with Crippen molar-refractivity contribution >= 4 is 11.2 Å². The van der Waals surface area contributed by atoms with Crippen LogP contribution in [0, 0.1) is 0 Å². The molecule has 0 bridgehead atoms. The number of pyridine rings is 1. The Morgan fingerprint density at radius 1 is 1.30 bits per heavy atom. The molecule has 4 rings (SSSR count). The molecule has 2 fully saturated rings. The van der Waals surface area contributed by atoms with Crippen LogP contribution in [-0.2, 0) is 6.42 Å². The fraction of sp³-hybridized carbons (Fsp3) is 0.600. The summed E-state index contributed by atoms with van der Waals surface area (Å²) in [5, 5.41) is 7.03. The van der Waals surface area contributed by atoms with Crippen molar-refractivity contribution in [2.75, 3.05) is 19.6 Å². The van der Waals surface area contributed by atoms with Crippen LogP contribution in [0.3, 0.4) is 0 Å². The predicted molar refractivity (Wildman–Crippen MR) is 78.8 cm³/mol. The van der Waals surface area contributed by atoms with Crippen molar-refractivity contribution in [2.45, 2.75) is 37.8 Å². The van der Waals surface area contributed by atoms with E-state index in [9.17, 15) is 0 Å². The molecule has 0 radical (unpaired) electrons. The van der Waals surface area contributed by atoms with Crippen molar-refractivity contribution in [1.29, 1.82) is 0 Å². The first-order valence-electron chi connectivity index (χ1n) is 7.68.